The van der Waals surface area contributed by atoms with E-state index >= 15 is 0 Å². The Bertz CT molecular complexity index is 1150. The highest BCUT2D eigenvalue weighted by molar-refractivity contribution is 5.89. The van der Waals surface area contributed by atoms with Gasteiger partial charge in [0.25, 0.3) is 0 Å². The zero-order chi connectivity index (χ0) is 31.3. The topological polar surface area (TPSA) is 55.8 Å². The maximum absolute atomic E-state index is 13.8. The molecule has 6 rings (SSSR count). The fourth-order valence-corrected chi connectivity index (χ4v) is 11.4. The summed E-state index contributed by atoms with van der Waals surface area (Å²) in [6, 6.07) is 9.29. The lowest BCUT2D eigenvalue weighted by Gasteiger charge is -2.62. The molecule has 4 aliphatic carbocycles. The van der Waals surface area contributed by atoms with Gasteiger partial charge in [0, 0.05) is 19.1 Å². The van der Waals surface area contributed by atoms with Crippen LogP contribution in [0.2, 0.25) is 0 Å². The number of esters is 1. The molecule has 7 heteroatoms. The third-order valence-corrected chi connectivity index (χ3v) is 14.0. The van der Waals surface area contributed by atoms with Crippen LogP contribution in [0.25, 0.3) is 0 Å². The van der Waals surface area contributed by atoms with Crippen LogP contribution in [0, 0.1) is 52.3 Å². The molecule has 0 aromatic heterocycles. The Hall–Kier alpha value is -1.60. The van der Waals surface area contributed by atoms with Gasteiger partial charge >= 0.3 is 12.1 Å². The quantitative estimate of drug-likeness (QED) is 0.310. The summed E-state index contributed by atoms with van der Waals surface area (Å²) in [5, 5.41) is 10.6. The van der Waals surface area contributed by atoms with Crippen molar-refractivity contribution in [3.63, 3.8) is 0 Å². The first kappa shape index (κ1) is 32.3. The lowest BCUT2D eigenvalue weighted by atomic mass is 9.43. The van der Waals surface area contributed by atoms with Crippen molar-refractivity contribution in [1.82, 2.24) is 0 Å². The molecule has 0 radical (unpaired) electrons. The van der Waals surface area contributed by atoms with Crippen LogP contribution >= 0.6 is 0 Å². The van der Waals surface area contributed by atoms with Crippen LogP contribution in [0.5, 0.6) is 0 Å². The molecule has 5 fully saturated rings. The third kappa shape index (κ3) is 5.75. The molecule has 44 heavy (non-hydrogen) atoms. The first-order valence-corrected chi connectivity index (χ1v) is 17.5. The highest BCUT2D eigenvalue weighted by Crippen LogP contribution is 2.69. The Morgan fingerprint density at radius 1 is 0.932 bits per heavy atom. The number of carbonyl (C=O) groups is 1. The van der Waals surface area contributed by atoms with E-state index in [1.54, 1.807) is 0 Å². The predicted molar refractivity (Wildman–Crippen MR) is 164 cm³/mol. The molecule has 0 bridgehead atoms. The van der Waals surface area contributed by atoms with Crippen LogP contribution in [0.3, 0.4) is 0 Å². The largest absolute Gasteiger partial charge is 0.458 e. The number of hydrogen-bond acceptors (Lipinski definition) is 4. The first-order chi connectivity index (χ1) is 20.9. The van der Waals surface area contributed by atoms with Crippen LogP contribution < -0.4 is 0 Å². The van der Waals surface area contributed by atoms with Crippen molar-refractivity contribution < 1.29 is 32.5 Å². The molecule has 1 aromatic carbocycles. The van der Waals surface area contributed by atoms with Gasteiger partial charge < -0.3 is 14.6 Å². The standard InChI is InChI=1S/C37H53F3O4/c1-24(9-14-32(25-16-21-43-22-17-25)44-33(41)26-7-5-4-6-8-26)29-12-13-30-28-11-10-27-23-36(42,37(38,39)40)20-19-34(27,2)31(28)15-18-35(29,30)3/h4-8,24-25,27-32,42H,9-23H2,1-3H3/t24-,27+,28+,29-,30+,31+,32+,34+,35-,36+/m1/s1. The van der Waals surface area contributed by atoms with E-state index in [4.69, 9.17) is 9.47 Å². The first-order valence-electron chi connectivity index (χ1n) is 17.5. The van der Waals surface area contributed by atoms with Crippen molar-refractivity contribution >= 4 is 5.97 Å². The van der Waals surface area contributed by atoms with E-state index in [1.807, 2.05) is 30.3 Å². The Morgan fingerprint density at radius 2 is 1.64 bits per heavy atom. The Balaban J connectivity index is 1.11. The van der Waals surface area contributed by atoms with E-state index in [1.165, 1.54) is 12.8 Å². The van der Waals surface area contributed by atoms with Crippen LogP contribution in [0.4, 0.5) is 13.2 Å². The fourth-order valence-electron chi connectivity index (χ4n) is 11.4. The van der Waals surface area contributed by atoms with Crippen molar-refractivity contribution in [3.05, 3.63) is 35.9 Å². The number of carbonyl (C=O) groups excluding carboxylic acids is 1. The van der Waals surface area contributed by atoms with Crippen molar-refractivity contribution in [2.24, 2.45) is 52.3 Å². The van der Waals surface area contributed by atoms with Gasteiger partial charge in [-0.15, -0.1) is 0 Å². The monoisotopic (exact) mass is 618 g/mol. The summed E-state index contributed by atoms with van der Waals surface area (Å²) in [6.07, 6.45) is 5.77. The Morgan fingerprint density at radius 3 is 2.34 bits per heavy atom. The molecule has 1 saturated heterocycles. The van der Waals surface area contributed by atoms with Gasteiger partial charge in [-0.3, -0.25) is 0 Å². The molecular formula is C37H53F3O4. The van der Waals surface area contributed by atoms with Gasteiger partial charge in [-0.05, 0) is 142 Å². The van der Waals surface area contributed by atoms with Crippen molar-refractivity contribution in [2.45, 2.75) is 122 Å². The van der Waals surface area contributed by atoms with Gasteiger partial charge in [0.15, 0.2) is 5.60 Å². The molecular weight excluding hydrogens is 565 g/mol. The molecule has 1 heterocycles. The van der Waals surface area contributed by atoms with Crippen LogP contribution in [-0.2, 0) is 9.47 Å². The summed E-state index contributed by atoms with van der Waals surface area (Å²) in [7, 11) is 0. The van der Waals surface area contributed by atoms with Gasteiger partial charge in [-0.25, -0.2) is 4.79 Å². The molecule has 1 N–H and O–H groups in total. The van der Waals surface area contributed by atoms with E-state index in [-0.39, 0.29) is 41.7 Å². The highest BCUT2D eigenvalue weighted by Gasteiger charge is 2.65. The molecule has 1 aliphatic heterocycles. The summed E-state index contributed by atoms with van der Waals surface area (Å²) in [5.41, 5.74) is -1.77. The van der Waals surface area contributed by atoms with Crippen molar-refractivity contribution in [2.75, 3.05) is 13.2 Å². The Kier molecular flexibility index (Phi) is 8.97. The van der Waals surface area contributed by atoms with Crippen molar-refractivity contribution in [1.29, 1.82) is 0 Å². The summed E-state index contributed by atoms with van der Waals surface area (Å²) < 4.78 is 53.1. The fraction of sp³-hybridized carbons (Fsp3) is 0.811. The number of fused-ring (bicyclic) bond motifs is 5. The lowest BCUT2D eigenvalue weighted by molar-refractivity contribution is -0.290. The SMILES string of the molecule is C[C@H](CC[C@H](OC(=O)c1ccccc1)C1CCOCC1)[C@H]1CC[C@H]2[C@@H]3CC[C@H]4C[C@](O)(C(F)(F)F)CC[C@]4(C)[C@H]3CC[C@]12C. The van der Waals surface area contributed by atoms with Crippen molar-refractivity contribution in [3.8, 4) is 0 Å². The number of alkyl halides is 3. The minimum absolute atomic E-state index is 0.0506. The van der Waals surface area contributed by atoms with E-state index in [0.717, 1.165) is 64.6 Å². The number of benzene rings is 1. The average molecular weight is 619 g/mol. The summed E-state index contributed by atoms with van der Waals surface area (Å²) in [6.45, 7) is 8.63. The van der Waals surface area contributed by atoms with Gasteiger partial charge in [-0.2, -0.15) is 13.2 Å². The molecule has 0 spiro atoms. The van der Waals surface area contributed by atoms with Crippen LogP contribution in [0.15, 0.2) is 30.3 Å². The molecule has 4 saturated carbocycles. The molecule has 5 aliphatic rings. The smallest absolute Gasteiger partial charge is 0.417 e. The average Bonchev–Trinajstić information content (AvgIpc) is 3.37. The van der Waals surface area contributed by atoms with E-state index in [2.05, 4.69) is 20.8 Å². The van der Waals surface area contributed by atoms with Gasteiger partial charge in [0.2, 0.25) is 0 Å². The molecule has 246 valence electrons. The predicted octanol–water partition coefficient (Wildman–Crippen LogP) is 9.01. The van der Waals surface area contributed by atoms with Crippen LogP contribution in [-0.4, -0.2) is 42.2 Å². The summed E-state index contributed by atoms with van der Waals surface area (Å²) >= 11 is 0. The van der Waals surface area contributed by atoms with E-state index < -0.39 is 11.8 Å². The highest BCUT2D eigenvalue weighted by atomic mass is 19.4. The van der Waals surface area contributed by atoms with Gasteiger partial charge in [0.05, 0.1) is 5.56 Å². The third-order valence-electron chi connectivity index (χ3n) is 14.0. The van der Waals surface area contributed by atoms with E-state index in [9.17, 15) is 23.1 Å². The Labute approximate surface area is 261 Å². The second-order valence-corrected chi connectivity index (χ2v) is 15.9. The number of halogens is 3. The second-order valence-electron chi connectivity index (χ2n) is 15.9. The molecule has 4 nitrogen and oxygen atoms in total. The number of rotatable bonds is 7. The maximum Gasteiger partial charge on any atom is 0.417 e. The molecule has 0 unspecified atom stereocenters. The van der Waals surface area contributed by atoms with Gasteiger partial charge in [-0.1, -0.05) is 39.0 Å². The summed E-state index contributed by atoms with van der Waals surface area (Å²) in [4.78, 5) is 13.1. The number of aliphatic hydroxyl groups is 1. The minimum atomic E-state index is -4.55. The normalized spacial score (nSPS) is 40.8. The lowest BCUT2D eigenvalue weighted by Crippen LogP contribution is -2.59. The number of hydrogen-bond donors (Lipinski definition) is 1. The zero-order valence-electron chi connectivity index (χ0n) is 26.9. The molecule has 0 amide bonds. The zero-order valence-corrected chi connectivity index (χ0v) is 26.9. The summed E-state index contributed by atoms with van der Waals surface area (Å²) in [5.74, 6) is 2.83. The van der Waals surface area contributed by atoms with E-state index in [0.29, 0.717) is 47.5 Å². The second kappa shape index (κ2) is 12.2. The van der Waals surface area contributed by atoms with Gasteiger partial charge in [0.1, 0.15) is 6.10 Å². The molecule has 10 atom stereocenters. The number of ether oxygens (including phenoxy) is 2. The molecule has 1 aromatic rings. The minimum Gasteiger partial charge on any atom is -0.458 e. The maximum atomic E-state index is 13.8. The van der Waals surface area contributed by atoms with Crippen LogP contribution in [0.1, 0.15) is 115 Å².